The van der Waals surface area contributed by atoms with Gasteiger partial charge in [-0.05, 0) is 24.3 Å². The van der Waals surface area contributed by atoms with Crippen molar-refractivity contribution in [2.24, 2.45) is 0 Å². The van der Waals surface area contributed by atoms with Gasteiger partial charge in [-0.1, -0.05) is 42.5 Å². The van der Waals surface area contributed by atoms with Crippen molar-refractivity contribution in [2.75, 3.05) is 0 Å². The Hall–Kier alpha value is -3.60. The third-order valence-corrected chi connectivity index (χ3v) is 4.43. The van der Waals surface area contributed by atoms with E-state index < -0.39 is 0 Å². The van der Waals surface area contributed by atoms with E-state index in [1.807, 2.05) is 30.3 Å². The minimum atomic E-state index is -0.184. The first-order valence-corrected chi connectivity index (χ1v) is 7.88. The zero-order valence-corrected chi connectivity index (χ0v) is 13.0. The lowest BCUT2D eigenvalue weighted by Gasteiger charge is -2.16. The summed E-state index contributed by atoms with van der Waals surface area (Å²) in [6.07, 6.45) is 0. The summed E-state index contributed by atoms with van der Waals surface area (Å²) in [5.41, 5.74) is 3.41. The lowest BCUT2D eigenvalue weighted by molar-refractivity contribution is 0.0980. The summed E-state index contributed by atoms with van der Waals surface area (Å²) in [6.45, 7) is 0. The Bertz CT molecular complexity index is 1180. The number of hydrogen-bond donors (Lipinski definition) is 0. The molecule has 0 saturated carbocycles. The van der Waals surface area contributed by atoms with Gasteiger partial charge in [-0.25, -0.2) is 0 Å². The second-order valence-corrected chi connectivity index (χ2v) is 5.88. The molecule has 1 aliphatic carbocycles. The fraction of sp³-hybridized carbons (Fsp3) is 0. The smallest absolute Gasteiger partial charge is 0.196 e. The molecule has 4 aromatic rings. The first-order chi connectivity index (χ1) is 12.2. The Kier molecular flexibility index (Phi) is 2.73. The molecule has 1 heterocycles. The fourth-order valence-corrected chi connectivity index (χ4v) is 3.24. The number of fused-ring (bicyclic) bond motifs is 4. The fourth-order valence-electron chi connectivity index (χ4n) is 3.24. The monoisotopic (exact) mass is 325 g/mol. The normalized spacial score (nSPS) is 13.0. The number of carbonyl (C=O) groups is 2. The van der Waals surface area contributed by atoms with E-state index in [1.54, 1.807) is 36.4 Å². The maximum Gasteiger partial charge on any atom is 0.196 e. The lowest BCUT2D eigenvalue weighted by atomic mass is 9.83. The Morgan fingerprint density at radius 1 is 0.640 bits per heavy atom. The van der Waals surface area contributed by atoms with Gasteiger partial charge in [0.05, 0.1) is 11.3 Å². The molecule has 118 valence electrons. The first-order valence-electron chi connectivity index (χ1n) is 7.88. The van der Waals surface area contributed by atoms with E-state index in [-0.39, 0.29) is 11.6 Å². The molecule has 0 amide bonds. The number of benzene rings is 3. The van der Waals surface area contributed by atoms with Crippen molar-refractivity contribution in [1.29, 1.82) is 0 Å². The van der Waals surface area contributed by atoms with E-state index >= 15 is 0 Å². The molecule has 5 nitrogen and oxygen atoms in total. The van der Waals surface area contributed by atoms with Crippen LogP contribution in [0.25, 0.3) is 16.7 Å². The van der Waals surface area contributed by atoms with Crippen LogP contribution in [0.2, 0.25) is 0 Å². The molecule has 5 heteroatoms. The maximum atomic E-state index is 13.0. The van der Waals surface area contributed by atoms with Crippen LogP contribution in [0.5, 0.6) is 0 Å². The van der Waals surface area contributed by atoms with Gasteiger partial charge in [-0.3, -0.25) is 9.59 Å². The standard InChI is InChI=1S/C20H11N3O2/c24-19-13-8-4-5-9-14(13)20(25)17-15(19)10-11-16-18(17)22-23(21-16)12-6-2-1-3-7-12/h1-11H. The van der Waals surface area contributed by atoms with Gasteiger partial charge in [0.15, 0.2) is 11.6 Å². The van der Waals surface area contributed by atoms with Crippen molar-refractivity contribution in [3.05, 3.63) is 89.0 Å². The second-order valence-electron chi connectivity index (χ2n) is 5.88. The van der Waals surface area contributed by atoms with Crippen LogP contribution in [-0.4, -0.2) is 26.6 Å². The van der Waals surface area contributed by atoms with Gasteiger partial charge in [0, 0.05) is 16.7 Å². The predicted octanol–water partition coefficient (Wildman–Crippen LogP) is 3.20. The summed E-state index contributed by atoms with van der Waals surface area (Å²) in [6, 6.07) is 19.7. The predicted molar refractivity (Wildman–Crippen MR) is 92.2 cm³/mol. The van der Waals surface area contributed by atoms with Gasteiger partial charge in [-0.2, -0.15) is 4.80 Å². The Morgan fingerprint density at radius 2 is 1.32 bits per heavy atom. The molecule has 0 fully saturated rings. The summed E-state index contributed by atoms with van der Waals surface area (Å²) >= 11 is 0. The van der Waals surface area contributed by atoms with Gasteiger partial charge < -0.3 is 0 Å². The first kappa shape index (κ1) is 13.8. The van der Waals surface area contributed by atoms with Crippen molar-refractivity contribution >= 4 is 22.6 Å². The zero-order chi connectivity index (χ0) is 17.0. The highest BCUT2D eigenvalue weighted by Crippen LogP contribution is 2.31. The maximum absolute atomic E-state index is 13.0. The van der Waals surface area contributed by atoms with Crippen LogP contribution in [-0.2, 0) is 0 Å². The summed E-state index contributed by atoms with van der Waals surface area (Å²) in [5.74, 6) is -0.336. The zero-order valence-electron chi connectivity index (χ0n) is 13.0. The number of hydrogen-bond acceptors (Lipinski definition) is 4. The largest absolute Gasteiger partial charge is 0.289 e. The minimum absolute atomic E-state index is 0.152. The van der Waals surface area contributed by atoms with E-state index in [1.165, 1.54) is 4.80 Å². The number of ketones is 2. The molecule has 25 heavy (non-hydrogen) atoms. The van der Waals surface area contributed by atoms with Crippen molar-refractivity contribution in [3.8, 4) is 5.69 Å². The summed E-state index contributed by atoms with van der Waals surface area (Å²) < 4.78 is 0. The third kappa shape index (κ3) is 1.89. The van der Waals surface area contributed by atoms with Crippen LogP contribution in [0.4, 0.5) is 0 Å². The van der Waals surface area contributed by atoms with Crippen molar-refractivity contribution in [2.45, 2.75) is 0 Å². The molecular weight excluding hydrogens is 314 g/mol. The van der Waals surface area contributed by atoms with Crippen LogP contribution < -0.4 is 0 Å². The van der Waals surface area contributed by atoms with Gasteiger partial charge in [-0.15, -0.1) is 10.2 Å². The topological polar surface area (TPSA) is 64.8 Å². The second kappa shape index (κ2) is 4.95. The summed E-state index contributed by atoms with van der Waals surface area (Å²) in [7, 11) is 0. The molecule has 0 radical (unpaired) electrons. The number of carbonyl (C=O) groups excluding carboxylic acids is 2. The van der Waals surface area contributed by atoms with Crippen LogP contribution >= 0.6 is 0 Å². The van der Waals surface area contributed by atoms with Gasteiger partial charge in [0.2, 0.25) is 0 Å². The number of nitrogens with zero attached hydrogens (tertiary/aromatic N) is 3. The van der Waals surface area contributed by atoms with Gasteiger partial charge in [0.1, 0.15) is 11.0 Å². The van der Waals surface area contributed by atoms with E-state index in [0.29, 0.717) is 33.3 Å². The summed E-state index contributed by atoms with van der Waals surface area (Å²) in [4.78, 5) is 27.2. The van der Waals surface area contributed by atoms with Crippen LogP contribution in [0.15, 0.2) is 66.7 Å². The van der Waals surface area contributed by atoms with Crippen molar-refractivity contribution in [1.82, 2.24) is 15.0 Å². The average molecular weight is 325 g/mol. The molecule has 0 aliphatic heterocycles. The number of para-hydroxylation sites is 1. The van der Waals surface area contributed by atoms with Gasteiger partial charge >= 0.3 is 0 Å². The van der Waals surface area contributed by atoms with Crippen LogP contribution in [0, 0.1) is 0 Å². The highest BCUT2D eigenvalue weighted by atomic mass is 16.1. The summed E-state index contributed by atoms with van der Waals surface area (Å²) in [5, 5.41) is 8.94. The quantitative estimate of drug-likeness (QED) is 0.475. The van der Waals surface area contributed by atoms with Crippen LogP contribution in [0.1, 0.15) is 31.8 Å². The lowest BCUT2D eigenvalue weighted by Crippen LogP contribution is -2.21. The molecule has 0 atom stereocenters. The average Bonchev–Trinajstić information content (AvgIpc) is 3.10. The highest BCUT2D eigenvalue weighted by Gasteiger charge is 2.32. The van der Waals surface area contributed by atoms with E-state index in [4.69, 9.17) is 0 Å². The number of aromatic nitrogens is 3. The molecule has 0 saturated heterocycles. The number of rotatable bonds is 1. The molecule has 0 unspecified atom stereocenters. The van der Waals surface area contributed by atoms with Crippen molar-refractivity contribution < 1.29 is 9.59 Å². The van der Waals surface area contributed by atoms with Gasteiger partial charge in [0.25, 0.3) is 0 Å². The molecule has 1 aromatic heterocycles. The van der Waals surface area contributed by atoms with Crippen molar-refractivity contribution in [3.63, 3.8) is 0 Å². The Morgan fingerprint density at radius 3 is 2.08 bits per heavy atom. The molecule has 0 spiro atoms. The molecular formula is C20H11N3O2. The molecule has 5 rings (SSSR count). The van der Waals surface area contributed by atoms with E-state index in [9.17, 15) is 9.59 Å². The molecule has 0 bridgehead atoms. The Labute approximate surface area is 142 Å². The van der Waals surface area contributed by atoms with Crippen LogP contribution in [0.3, 0.4) is 0 Å². The minimum Gasteiger partial charge on any atom is -0.289 e. The van der Waals surface area contributed by atoms with E-state index in [0.717, 1.165) is 5.69 Å². The molecule has 1 aliphatic rings. The molecule has 0 N–H and O–H groups in total. The third-order valence-electron chi connectivity index (χ3n) is 4.43. The van der Waals surface area contributed by atoms with E-state index in [2.05, 4.69) is 10.2 Å². The highest BCUT2D eigenvalue weighted by molar-refractivity contribution is 6.31. The SMILES string of the molecule is O=C1c2ccccc2C(=O)c2c1ccc1nn(-c3ccccc3)nc21. The molecule has 3 aromatic carbocycles. The Balaban J connectivity index is 1.79.